The number of hydrogen-bond acceptors (Lipinski definition) is 4. The minimum Gasteiger partial charge on any atom is -0.505 e. The number of aromatic nitrogens is 1. The van der Waals surface area contributed by atoms with E-state index in [-0.39, 0.29) is 11.3 Å². The Labute approximate surface area is 98.2 Å². The first-order chi connectivity index (χ1) is 8.15. The molecule has 0 aliphatic rings. The van der Waals surface area contributed by atoms with Gasteiger partial charge >= 0.3 is 5.97 Å². The number of hydrogen-bond donors (Lipinski definition) is 1. The van der Waals surface area contributed by atoms with Gasteiger partial charge in [0.1, 0.15) is 5.56 Å². The second kappa shape index (κ2) is 4.25. The molecule has 1 N–H and O–H groups in total. The van der Waals surface area contributed by atoms with Crippen molar-refractivity contribution in [2.45, 2.75) is 6.92 Å². The molecule has 0 spiro atoms. The summed E-state index contributed by atoms with van der Waals surface area (Å²) in [6, 6.07) is 7.06. The van der Waals surface area contributed by atoms with E-state index in [0.29, 0.717) is 16.6 Å². The summed E-state index contributed by atoms with van der Waals surface area (Å²) in [5, 5.41) is 10.5. The van der Waals surface area contributed by atoms with Gasteiger partial charge in [0.25, 0.3) is 0 Å². The molecule has 0 fully saturated rings. The van der Waals surface area contributed by atoms with E-state index in [2.05, 4.69) is 11.6 Å². The third-order valence-electron chi connectivity index (χ3n) is 2.44. The van der Waals surface area contributed by atoms with Crippen molar-refractivity contribution in [1.82, 2.24) is 4.98 Å². The van der Waals surface area contributed by atoms with Gasteiger partial charge in [-0.1, -0.05) is 24.8 Å². The maximum atomic E-state index is 11.8. The van der Waals surface area contributed by atoms with Crippen LogP contribution in [0.1, 0.15) is 16.1 Å². The molecule has 0 amide bonds. The SMILES string of the molecule is C=COC(=O)c1c(O)c(C)nc2ccccc12. The molecule has 0 bridgehead atoms. The molecule has 17 heavy (non-hydrogen) atoms. The van der Waals surface area contributed by atoms with Crippen molar-refractivity contribution < 1.29 is 14.6 Å². The zero-order valence-corrected chi connectivity index (χ0v) is 9.30. The maximum Gasteiger partial charge on any atom is 0.347 e. The number of rotatable bonds is 2. The third kappa shape index (κ3) is 1.85. The summed E-state index contributed by atoms with van der Waals surface area (Å²) in [5.74, 6) is -0.797. The lowest BCUT2D eigenvalue weighted by Crippen LogP contribution is -2.04. The molecule has 0 aliphatic carbocycles. The third-order valence-corrected chi connectivity index (χ3v) is 2.44. The van der Waals surface area contributed by atoms with Gasteiger partial charge in [-0.3, -0.25) is 0 Å². The summed E-state index contributed by atoms with van der Waals surface area (Å²) in [5.41, 5.74) is 1.14. The van der Waals surface area contributed by atoms with Crippen LogP contribution in [0.3, 0.4) is 0 Å². The number of carbonyl (C=O) groups excluding carboxylic acids is 1. The van der Waals surface area contributed by atoms with Crippen LogP contribution in [0.5, 0.6) is 5.75 Å². The molecule has 1 heterocycles. The van der Waals surface area contributed by atoms with Gasteiger partial charge in [-0.25, -0.2) is 9.78 Å². The van der Waals surface area contributed by atoms with Crippen molar-refractivity contribution in [3.63, 3.8) is 0 Å². The van der Waals surface area contributed by atoms with Crippen molar-refractivity contribution in [3.8, 4) is 5.75 Å². The Morgan fingerprint density at radius 2 is 2.18 bits per heavy atom. The topological polar surface area (TPSA) is 59.4 Å². The Morgan fingerprint density at radius 1 is 1.47 bits per heavy atom. The molecular formula is C13H11NO3. The molecule has 1 aromatic carbocycles. The van der Waals surface area contributed by atoms with Crippen LogP contribution in [-0.4, -0.2) is 16.1 Å². The number of ether oxygens (including phenoxy) is 1. The Bertz CT molecular complexity index is 605. The molecule has 2 aromatic rings. The van der Waals surface area contributed by atoms with Gasteiger partial charge in [0.2, 0.25) is 0 Å². The second-order valence-corrected chi connectivity index (χ2v) is 3.51. The van der Waals surface area contributed by atoms with Crippen LogP contribution in [0.25, 0.3) is 10.9 Å². The predicted octanol–water partition coefficient (Wildman–Crippen LogP) is 2.55. The summed E-state index contributed by atoms with van der Waals surface area (Å²) in [7, 11) is 0. The highest BCUT2D eigenvalue weighted by Crippen LogP contribution is 2.29. The van der Waals surface area contributed by atoms with E-state index in [1.165, 1.54) is 0 Å². The van der Waals surface area contributed by atoms with Crippen molar-refractivity contribution >= 4 is 16.9 Å². The standard InChI is InChI=1S/C13H11NO3/c1-3-17-13(16)11-9-6-4-5-7-10(9)14-8(2)12(11)15/h3-7,15H,1H2,2H3. The van der Waals surface area contributed by atoms with Crippen LogP contribution in [0.2, 0.25) is 0 Å². The molecule has 0 radical (unpaired) electrons. The highest BCUT2D eigenvalue weighted by molar-refractivity contribution is 6.06. The number of aryl methyl sites for hydroxylation is 1. The molecule has 1 aromatic heterocycles. The first-order valence-corrected chi connectivity index (χ1v) is 5.05. The summed E-state index contributed by atoms with van der Waals surface area (Å²) < 4.78 is 4.71. The monoisotopic (exact) mass is 229 g/mol. The number of esters is 1. The average Bonchev–Trinajstić information content (AvgIpc) is 2.31. The van der Waals surface area contributed by atoms with Gasteiger partial charge in [-0.2, -0.15) is 0 Å². The van der Waals surface area contributed by atoms with Crippen LogP contribution in [-0.2, 0) is 4.74 Å². The van der Waals surface area contributed by atoms with Crippen molar-refractivity contribution in [1.29, 1.82) is 0 Å². The molecule has 0 saturated heterocycles. The van der Waals surface area contributed by atoms with Gasteiger partial charge in [0, 0.05) is 5.39 Å². The van der Waals surface area contributed by atoms with Gasteiger partial charge < -0.3 is 9.84 Å². The Morgan fingerprint density at radius 3 is 2.88 bits per heavy atom. The van der Waals surface area contributed by atoms with Crippen LogP contribution in [0.15, 0.2) is 37.1 Å². The predicted molar refractivity (Wildman–Crippen MR) is 63.8 cm³/mol. The fourth-order valence-electron chi connectivity index (χ4n) is 1.67. The molecule has 2 rings (SSSR count). The largest absolute Gasteiger partial charge is 0.505 e. The van der Waals surface area contributed by atoms with Crippen LogP contribution < -0.4 is 0 Å². The summed E-state index contributed by atoms with van der Waals surface area (Å²) >= 11 is 0. The lowest BCUT2D eigenvalue weighted by atomic mass is 10.1. The van der Waals surface area contributed by atoms with Crippen LogP contribution >= 0.6 is 0 Å². The van der Waals surface area contributed by atoms with E-state index < -0.39 is 5.97 Å². The van der Waals surface area contributed by atoms with E-state index in [9.17, 15) is 9.90 Å². The fourth-order valence-corrected chi connectivity index (χ4v) is 1.67. The van der Waals surface area contributed by atoms with Crippen LogP contribution in [0.4, 0.5) is 0 Å². The lowest BCUT2D eigenvalue weighted by molar-refractivity contribution is 0.0663. The summed E-state index contributed by atoms with van der Waals surface area (Å²) in [6.45, 7) is 4.95. The molecule has 0 saturated carbocycles. The normalized spacial score (nSPS) is 10.2. The van der Waals surface area contributed by atoms with E-state index in [0.717, 1.165) is 6.26 Å². The van der Waals surface area contributed by atoms with Gasteiger partial charge in [-0.15, -0.1) is 0 Å². The summed E-state index contributed by atoms with van der Waals surface area (Å²) in [4.78, 5) is 15.9. The van der Waals surface area contributed by atoms with E-state index in [4.69, 9.17) is 4.74 Å². The van der Waals surface area contributed by atoms with Crippen molar-refractivity contribution in [2.24, 2.45) is 0 Å². The molecule has 0 unspecified atom stereocenters. The Kier molecular flexibility index (Phi) is 2.78. The summed E-state index contributed by atoms with van der Waals surface area (Å²) in [6.07, 6.45) is 1.03. The number of nitrogens with zero attached hydrogens (tertiary/aromatic N) is 1. The smallest absolute Gasteiger partial charge is 0.347 e. The second-order valence-electron chi connectivity index (χ2n) is 3.51. The van der Waals surface area contributed by atoms with Crippen molar-refractivity contribution in [2.75, 3.05) is 0 Å². The maximum absolute atomic E-state index is 11.8. The van der Waals surface area contributed by atoms with Crippen molar-refractivity contribution in [3.05, 3.63) is 48.4 Å². The number of carbonyl (C=O) groups is 1. The quantitative estimate of drug-likeness (QED) is 0.635. The Balaban J connectivity index is 2.78. The molecule has 4 heteroatoms. The first-order valence-electron chi connectivity index (χ1n) is 5.05. The highest BCUT2D eigenvalue weighted by atomic mass is 16.5. The van der Waals surface area contributed by atoms with E-state index in [1.807, 2.05) is 6.07 Å². The highest BCUT2D eigenvalue weighted by Gasteiger charge is 2.19. The minimum absolute atomic E-state index is 0.119. The molecule has 0 aliphatic heterocycles. The van der Waals surface area contributed by atoms with Gasteiger partial charge in [0.05, 0.1) is 17.5 Å². The number of benzene rings is 1. The number of fused-ring (bicyclic) bond motifs is 1. The van der Waals surface area contributed by atoms with Crippen LogP contribution in [0, 0.1) is 6.92 Å². The zero-order chi connectivity index (χ0) is 12.4. The number of pyridine rings is 1. The molecule has 0 atom stereocenters. The number of aromatic hydroxyl groups is 1. The lowest BCUT2D eigenvalue weighted by Gasteiger charge is -2.08. The average molecular weight is 229 g/mol. The first kappa shape index (κ1) is 11.1. The minimum atomic E-state index is -0.640. The van der Waals surface area contributed by atoms with E-state index in [1.54, 1.807) is 25.1 Å². The molecule has 86 valence electrons. The van der Waals surface area contributed by atoms with Gasteiger partial charge in [-0.05, 0) is 13.0 Å². The molecule has 4 nitrogen and oxygen atoms in total. The fraction of sp³-hybridized carbons (Fsp3) is 0.0769. The number of para-hydroxylation sites is 1. The van der Waals surface area contributed by atoms with Gasteiger partial charge in [0.15, 0.2) is 5.75 Å². The zero-order valence-electron chi connectivity index (χ0n) is 9.30. The molecular weight excluding hydrogens is 218 g/mol. The van der Waals surface area contributed by atoms with E-state index >= 15 is 0 Å². The Hall–Kier alpha value is -2.36.